The maximum Gasteiger partial charge on any atom is 0.244 e. The first-order chi connectivity index (χ1) is 14.6. The van der Waals surface area contributed by atoms with Crippen LogP contribution >= 0.6 is 23.6 Å². The highest BCUT2D eigenvalue weighted by Gasteiger charge is 2.13. The number of carbonyl (C=O) groups excluding carboxylic acids is 1. The van der Waals surface area contributed by atoms with Gasteiger partial charge in [-0.3, -0.25) is 14.5 Å². The number of aryl methyl sites for hydroxylation is 1. The lowest BCUT2D eigenvalue weighted by Gasteiger charge is -2.09. The van der Waals surface area contributed by atoms with Crippen molar-refractivity contribution >= 4 is 35.1 Å². The molecule has 0 aliphatic carbocycles. The molecule has 4 aromatic rings. The monoisotopic (exact) mass is 430 g/mol. The second kappa shape index (κ2) is 8.91. The fraction of sp³-hybridized carbons (Fsp3) is 0.0870. The molecule has 1 amide bonds. The molecule has 4 rings (SSSR count). The zero-order valence-corrected chi connectivity index (χ0v) is 17.8. The molecule has 0 radical (unpaired) electrons. The Labute approximate surface area is 183 Å². The Morgan fingerprint density at radius 2 is 2.03 bits per heavy atom. The number of nitrogens with zero attached hydrogens (tertiary/aromatic N) is 2. The van der Waals surface area contributed by atoms with E-state index in [0.29, 0.717) is 16.3 Å². The minimum atomic E-state index is -0.190. The molecule has 2 N–H and O–H groups in total. The van der Waals surface area contributed by atoms with Crippen LogP contribution < -0.4 is 5.32 Å². The number of hydrogen-bond acceptors (Lipinski definition) is 4. The summed E-state index contributed by atoms with van der Waals surface area (Å²) in [4.78, 5) is 13.7. The van der Waals surface area contributed by atoms with Crippen molar-refractivity contribution < 1.29 is 4.79 Å². The predicted octanol–water partition coefficient (Wildman–Crippen LogP) is 5.02. The van der Waals surface area contributed by atoms with Crippen LogP contribution in [0.5, 0.6) is 0 Å². The van der Waals surface area contributed by atoms with Crippen molar-refractivity contribution in [3.05, 3.63) is 86.8 Å². The van der Waals surface area contributed by atoms with E-state index < -0.39 is 0 Å². The van der Waals surface area contributed by atoms with Crippen molar-refractivity contribution in [1.29, 1.82) is 0 Å². The number of anilines is 1. The molecule has 0 bridgehead atoms. The molecule has 0 aliphatic heterocycles. The molecule has 0 unspecified atom stereocenters. The van der Waals surface area contributed by atoms with E-state index >= 15 is 0 Å². The summed E-state index contributed by atoms with van der Waals surface area (Å²) in [6.07, 6.45) is 0. The Bertz CT molecular complexity index is 1310. The van der Waals surface area contributed by atoms with Gasteiger partial charge in [0.1, 0.15) is 6.54 Å². The van der Waals surface area contributed by atoms with Gasteiger partial charge in [0.25, 0.3) is 0 Å². The molecule has 0 spiro atoms. The summed E-state index contributed by atoms with van der Waals surface area (Å²) in [6.45, 7) is 2.07. The van der Waals surface area contributed by atoms with Gasteiger partial charge in [-0.1, -0.05) is 47.7 Å². The maximum absolute atomic E-state index is 12.7. The minimum Gasteiger partial charge on any atom is -0.324 e. The molecule has 5 nitrogen and oxygen atoms in total. The highest BCUT2D eigenvalue weighted by molar-refractivity contribution is 7.71. The van der Waals surface area contributed by atoms with Gasteiger partial charge in [0.2, 0.25) is 5.91 Å². The van der Waals surface area contributed by atoms with Gasteiger partial charge in [-0.15, -0.1) is 11.3 Å². The normalized spacial score (nSPS) is 10.3. The number of H-pyrrole nitrogens is 1. The van der Waals surface area contributed by atoms with Crippen molar-refractivity contribution in [1.82, 2.24) is 14.8 Å². The smallest absolute Gasteiger partial charge is 0.244 e. The van der Waals surface area contributed by atoms with E-state index in [1.54, 1.807) is 15.9 Å². The number of hydrogen-bond donors (Lipinski definition) is 2. The standard InChI is InChI=1S/C23H18N4OS2/c1-16-5-2-7-18(13-16)22-25-26-23(29)27(22)15-21(28)24-19-8-3-6-17(14-19)10-11-20-9-4-12-30-20/h2-9,12-14H,15H2,1H3,(H,24,28)(H,26,29). The highest BCUT2D eigenvalue weighted by atomic mass is 32.1. The summed E-state index contributed by atoms with van der Waals surface area (Å²) >= 11 is 6.93. The molecule has 2 aromatic carbocycles. The molecule has 2 heterocycles. The summed E-state index contributed by atoms with van der Waals surface area (Å²) in [7, 11) is 0. The van der Waals surface area contributed by atoms with Gasteiger partial charge >= 0.3 is 0 Å². The number of nitrogens with one attached hydrogen (secondary N) is 2. The SMILES string of the molecule is Cc1cccc(-c2n[nH]c(=S)n2CC(=O)Nc2cccc(C#Cc3cccs3)c2)c1. The van der Waals surface area contributed by atoms with Crippen molar-refractivity contribution in [3.63, 3.8) is 0 Å². The Hall–Kier alpha value is -3.47. The third kappa shape index (κ3) is 4.74. The lowest BCUT2D eigenvalue weighted by atomic mass is 10.1. The predicted molar refractivity (Wildman–Crippen MR) is 123 cm³/mol. The lowest BCUT2D eigenvalue weighted by Crippen LogP contribution is -2.19. The fourth-order valence-electron chi connectivity index (χ4n) is 2.97. The largest absolute Gasteiger partial charge is 0.324 e. The Morgan fingerprint density at radius 1 is 1.17 bits per heavy atom. The molecular formula is C23H18N4OS2. The van der Waals surface area contributed by atoms with Crippen LogP contribution in [0.4, 0.5) is 5.69 Å². The number of thiophene rings is 1. The van der Waals surface area contributed by atoms with E-state index in [-0.39, 0.29) is 12.5 Å². The summed E-state index contributed by atoms with van der Waals surface area (Å²) < 4.78 is 2.09. The average molecular weight is 431 g/mol. The number of aromatic amines is 1. The summed E-state index contributed by atoms with van der Waals surface area (Å²) in [5.74, 6) is 6.69. The second-order valence-electron chi connectivity index (χ2n) is 6.66. The summed E-state index contributed by atoms with van der Waals surface area (Å²) in [6, 6.07) is 19.3. The van der Waals surface area contributed by atoms with Crippen molar-refractivity contribution in [2.75, 3.05) is 5.32 Å². The molecule has 0 aliphatic rings. The van der Waals surface area contributed by atoms with Gasteiger partial charge in [-0.05, 0) is 54.9 Å². The molecule has 148 valence electrons. The highest BCUT2D eigenvalue weighted by Crippen LogP contribution is 2.19. The quantitative estimate of drug-likeness (QED) is 0.353. The molecule has 2 aromatic heterocycles. The molecule has 0 saturated carbocycles. The minimum absolute atomic E-state index is 0.0592. The summed E-state index contributed by atoms with van der Waals surface area (Å²) in [5, 5.41) is 12.0. The maximum atomic E-state index is 12.7. The molecule has 0 atom stereocenters. The van der Waals surface area contributed by atoms with Crippen LogP contribution in [0.2, 0.25) is 0 Å². The molecule has 7 heteroatoms. The lowest BCUT2D eigenvalue weighted by molar-refractivity contribution is -0.116. The Kier molecular flexibility index (Phi) is 5.89. The number of rotatable bonds is 4. The molecular weight excluding hydrogens is 412 g/mol. The van der Waals surface area contributed by atoms with Gasteiger partial charge in [-0.25, -0.2) is 0 Å². The van der Waals surface area contributed by atoms with Gasteiger partial charge in [-0.2, -0.15) is 5.10 Å². The number of aromatic nitrogens is 3. The van der Waals surface area contributed by atoms with Crippen LogP contribution in [0.1, 0.15) is 16.0 Å². The number of benzene rings is 2. The van der Waals surface area contributed by atoms with Crippen LogP contribution in [0.25, 0.3) is 11.4 Å². The summed E-state index contributed by atoms with van der Waals surface area (Å²) in [5.41, 5.74) is 3.53. The van der Waals surface area contributed by atoms with Crippen molar-refractivity contribution in [2.45, 2.75) is 13.5 Å². The topological polar surface area (TPSA) is 62.7 Å². The number of carbonyl (C=O) groups is 1. The van der Waals surface area contributed by atoms with Crippen LogP contribution in [-0.4, -0.2) is 20.7 Å². The van der Waals surface area contributed by atoms with Gasteiger partial charge < -0.3 is 5.32 Å². The van der Waals surface area contributed by atoms with Crippen LogP contribution in [0, 0.1) is 23.5 Å². The third-order valence-electron chi connectivity index (χ3n) is 4.33. The Morgan fingerprint density at radius 3 is 2.83 bits per heavy atom. The molecule has 0 saturated heterocycles. The van der Waals surface area contributed by atoms with Crippen LogP contribution in [0.15, 0.2) is 66.0 Å². The zero-order chi connectivity index (χ0) is 20.9. The molecule has 30 heavy (non-hydrogen) atoms. The zero-order valence-electron chi connectivity index (χ0n) is 16.2. The third-order valence-corrected chi connectivity index (χ3v) is 5.43. The van der Waals surface area contributed by atoms with Crippen LogP contribution in [0.3, 0.4) is 0 Å². The van der Waals surface area contributed by atoms with Crippen molar-refractivity contribution in [2.24, 2.45) is 0 Å². The van der Waals surface area contributed by atoms with Crippen LogP contribution in [-0.2, 0) is 11.3 Å². The van der Waals surface area contributed by atoms with E-state index in [4.69, 9.17) is 12.2 Å². The molecule has 0 fully saturated rings. The first kappa shape index (κ1) is 19.8. The van der Waals surface area contributed by atoms with E-state index in [0.717, 1.165) is 21.6 Å². The first-order valence-corrected chi connectivity index (χ1v) is 10.5. The van der Waals surface area contributed by atoms with E-state index in [1.807, 2.05) is 73.0 Å². The van der Waals surface area contributed by atoms with E-state index in [2.05, 4.69) is 27.4 Å². The first-order valence-electron chi connectivity index (χ1n) is 9.26. The van der Waals surface area contributed by atoms with Crippen molar-refractivity contribution in [3.8, 4) is 23.2 Å². The van der Waals surface area contributed by atoms with E-state index in [1.165, 1.54) is 0 Å². The van der Waals surface area contributed by atoms with Gasteiger partial charge in [0, 0.05) is 16.8 Å². The van der Waals surface area contributed by atoms with Gasteiger partial charge in [0.05, 0.1) is 4.88 Å². The average Bonchev–Trinajstić information content (AvgIpc) is 3.37. The van der Waals surface area contributed by atoms with Gasteiger partial charge in [0.15, 0.2) is 10.6 Å². The number of amides is 1. The second-order valence-corrected chi connectivity index (χ2v) is 8.00. The van der Waals surface area contributed by atoms with E-state index in [9.17, 15) is 4.79 Å². The Balaban J connectivity index is 1.50. The fourth-order valence-corrected chi connectivity index (χ4v) is 3.74.